The lowest BCUT2D eigenvalue weighted by molar-refractivity contribution is 0.0180. The van der Waals surface area contributed by atoms with Crippen molar-refractivity contribution >= 4 is 0 Å². The van der Waals surface area contributed by atoms with Crippen LogP contribution >= 0.6 is 0 Å². The van der Waals surface area contributed by atoms with Crippen molar-refractivity contribution in [3.63, 3.8) is 0 Å². The van der Waals surface area contributed by atoms with Crippen molar-refractivity contribution in [1.29, 1.82) is 0 Å². The molecule has 18 heavy (non-hydrogen) atoms. The SMILES string of the molecule is NCC1(CC2CC3CCC2C3)CCOC1C1CC1. The largest absolute Gasteiger partial charge is 0.377 e. The van der Waals surface area contributed by atoms with Gasteiger partial charge in [0.05, 0.1) is 6.10 Å². The van der Waals surface area contributed by atoms with E-state index in [0.717, 1.165) is 36.8 Å². The van der Waals surface area contributed by atoms with Gasteiger partial charge in [-0.1, -0.05) is 6.42 Å². The molecule has 5 atom stereocenters. The summed E-state index contributed by atoms with van der Waals surface area (Å²) in [6.45, 7) is 1.83. The molecule has 0 radical (unpaired) electrons. The summed E-state index contributed by atoms with van der Waals surface area (Å²) in [5.74, 6) is 3.94. The molecule has 4 fully saturated rings. The molecule has 2 N–H and O–H groups in total. The van der Waals surface area contributed by atoms with E-state index in [0.29, 0.717) is 11.5 Å². The zero-order valence-electron chi connectivity index (χ0n) is 11.4. The molecule has 2 nitrogen and oxygen atoms in total. The Hall–Kier alpha value is -0.0800. The maximum atomic E-state index is 6.22. The highest BCUT2D eigenvalue weighted by atomic mass is 16.5. The minimum atomic E-state index is 0.357. The van der Waals surface area contributed by atoms with Gasteiger partial charge in [0.1, 0.15) is 0 Å². The van der Waals surface area contributed by atoms with Crippen LogP contribution in [0.5, 0.6) is 0 Å². The third-order valence-corrected chi connectivity index (χ3v) is 6.51. The summed E-state index contributed by atoms with van der Waals surface area (Å²) in [5, 5.41) is 0. The van der Waals surface area contributed by atoms with Gasteiger partial charge in [-0.3, -0.25) is 0 Å². The van der Waals surface area contributed by atoms with Gasteiger partial charge in [0.15, 0.2) is 0 Å². The van der Waals surface area contributed by atoms with Crippen LogP contribution in [-0.2, 0) is 4.74 Å². The number of nitrogens with two attached hydrogens (primary N) is 1. The average Bonchev–Trinajstić information content (AvgIpc) is 2.85. The fraction of sp³-hybridized carbons (Fsp3) is 1.00. The molecule has 3 saturated carbocycles. The van der Waals surface area contributed by atoms with Crippen LogP contribution in [0.4, 0.5) is 0 Å². The monoisotopic (exact) mass is 249 g/mol. The van der Waals surface area contributed by atoms with Gasteiger partial charge in [-0.2, -0.15) is 0 Å². The van der Waals surface area contributed by atoms with Crippen LogP contribution in [0.25, 0.3) is 0 Å². The topological polar surface area (TPSA) is 35.2 Å². The highest BCUT2D eigenvalue weighted by Gasteiger charge is 2.53. The Balaban J connectivity index is 1.50. The fourth-order valence-electron chi connectivity index (χ4n) is 5.41. The molecule has 102 valence electrons. The molecule has 1 aliphatic heterocycles. The first-order valence-electron chi connectivity index (χ1n) is 8.12. The number of rotatable bonds is 4. The molecule has 2 bridgehead atoms. The molecule has 0 spiro atoms. The van der Waals surface area contributed by atoms with Crippen LogP contribution in [0.2, 0.25) is 0 Å². The van der Waals surface area contributed by atoms with Gasteiger partial charge in [0.25, 0.3) is 0 Å². The number of ether oxygens (including phenoxy) is 1. The molecule has 4 aliphatic rings. The quantitative estimate of drug-likeness (QED) is 0.831. The highest BCUT2D eigenvalue weighted by molar-refractivity contribution is 5.03. The summed E-state index contributed by atoms with van der Waals surface area (Å²) in [6.07, 6.45) is 12.0. The van der Waals surface area contributed by atoms with E-state index in [-0.39, 0.29) is 0 Å². The molecule has 4 rings (SSSR count). The lowest BCUT2D eigenvalue weighted by Crippen LogP contribution is -2.41. The molecule has 5 unspecified atom stereocenters. The minimum Gasteiger partial charge on any atom is -0.377 e. The molecule has 0 aromatic rings. The third kappa shape index (κ3) is 1.76. The molecule has 0 amide bonds. The molecular formula is C16H27NO. The van der Waals surface area contributed by atoms with E-state index in [2.05, 4.69) is 0 Å². The Morgan fingerprint density at radius 2 is 1.89 bits per heavy atom. The molecule has 1 saturated heterocycles. The number of fused-ring (bicyclic) bond motifs is 2. The zero-order valence-corrected chi connectivity index (χ0v) is 11.4. The van der Waals surface area contributed by atoms with Crippen molar-refractivity contribution in [3.05, 3.63) is 0 Å². The van der Waals surface area contributed by atoms with Gasteiger partial charge in [-0.05, 0) is 68.6 Å². The van der Waals surface area contributed by atoms with E-state index >= 15 is 0 Å². The Labute approximate surface area is 111 Å². The second-order valence-electron chi connectivity index (χ2n) is 7.58. The van der Waals surface area contributed by atoms with E-state index in [9.17, 15) is 0 Å². The normalized spacial score (nSPS) is 51.2. The van der Waals surface area contributed by atoms with Crippen LogP contribution in [0, 0.1) is 29.1 Å². The first-order valence-corrected chi connectivity index (χ1v) is 8.12. The van der Waals surface area contributed by atoms with E-state index < -0.39 is 0 Å². The van der Waals surface area contributed by atoms with Crippen LogP contribution in [0.1, 0.15) is 51.4 Å². The maximum absolute atomic E-state index is 6.22. The van der Waals surface area contributed by atoms with Crippen LogP contribution in [-0.4, -0.2) is 19.3 Å². The standard InChI is InChI=1S/C16H27NO/c17-10-16(5-6-18-15(16)12-3-4-12)9-14-8-11-1-2-13(14)7-11/h11-15H,1-10,17H2. The highest BCUT2D eigenvalue weighted by Crippen LogP contribution is 2.56. The summed E-state index contributed by atoms with van der Waals surface area (Å²) >= 11 is 0. The molecule has 0 aromatic heterocycles. The Morgan fingerprint density at radius 3 is 2.50 bits per heavy atom. The van der Waals surface area contributed by atoms with Crippen molar-refractivity contribution in [3.8, 4) is 0 Å². The Kier molecular flexibility index (Phi) is 2.74. The summed E-state index contributed by atoms with van der Waals surface area (Å²) in [4.78, 5) is 0. The first-order chi connectivity index (χ1) is 8.81. The summed E-state index contributed by atoms with van der Waals surface area (Å²) in [5.41, 5.74) is 6.58. The smallest absolute Gasteiger partial charge is 0.0672 e. The maximum Gasteiger partial charge on any atom is 0.0672 e. The summed E-state index contributed by atoms with van der Waals surface area (Å²) in [6, 6.07) is 0. The van der Waals surface area contributed by atoms with Gasteiger partial charge < -0.3 is 10.5 Å². The third-order valence-electron chi connectivity index (χ3n) is 6.51. The molecular weight excluding hydrogens is 222 g/mol. The molecule has 2 heteroatoms. The lowest BCUT2D eigenvalue weighted by atomic mass is 9.69. The van der Waals surface area contributed by atoms with Crippen LogP contribution < -0.4 is 5.73 Å². The van der Waals surface area contributed by atoms with Gasteiger partial charge >= 0.3 is 0 Å². The second-order valence-corrected chi connectivity index (χ2v) is 7.58. The van der Waals surface area contributed by atoms with Crippen LogP contribution in [0.15, 0.2) is 0 Å². The zero-order chi connectivity index (χ0) is 12.2. The van der Waals surface area contributed by atoms with Gasteiger partial charge in [0.2, 0.25) is 0 Å². The van der Waals surface area contributed by atoms with Crippen molar-refractivity contribution in [2.75, 3.05) is 13.2 Å². The van der Waals surface area contributed by atoms with Crippen molar-refractivity contribution in [2.24, 2.45) is 34.8 Å². The van der Waals surface area contributed by atoms with E-state index in [4.69, 9.17) is 10.5 Å². The van der Waals surface area contributed by atoms with Gasteiger partial charge in [0, 0.05) is 18.6 Å². The van der Waals surface area contributed by atoms with E-state index in [1.54, 1.807) is 0 Å². The average molecular weight is 249 g/mol. The van der Waals surface area contributed by atoms with Gasteiger partial charge in [-0.25, -0.2) is 0 Å². The molecule has 0 aromatic carbocycles. The Morgan fingerprint density at radius 1 is 1.06 bits per heavy atom. The van der Waals surface area contributed by atoms with Crippen molar-refractivity contribution in [1.82, 2.24) is 0 Å². The summed E-state index contributed by atoms with van der Waals surface area (Å²) < 4.78 is 6.09. The molecule has 3 aliphatic carbocycles. The van der Waals surface area contributed by atoms with Crippen molar-refractivity contribution < 1.29 is 4.74 Å². The van der Waals surface area contributed by atoms with Crippen molar-refractivity contribution in [2.45, 2.75) is 57.5 Å². The Bertz CT molecular complexity index is 327. The van der Waals surface area contributed by atoms with Crippen LogP contribution in [0.3, 0.4) is 0 Å². The molecule has 1 heterocycles. The summed E-state index contributed by atoms with van der Waals surface area (Å²) in [7, 11) is 0. The minimum absolute atomic E-state index is 0.357. The van der Waals surface area contributed by atoms with E-state index in [1.807, 2.05) is 0 Å². The lowest BCUT2D eigenvalue weighted by Gasteiger charge is -2.37. The first kappa shape index (κ1) is 11.7. The van der Waals surface area contributed by atoms with E-state index in [1.165, 1.54) is 51.4 Å². The fourth-order valence-corrected chi connectivity index (χ4v) is 5.41. The predicted octanol–water partition coefficient (Wildman–Crippen LogP) is 2.96. The number of hydrogen-bond donors (Lipinski definition) is 1. The predicted molar refractivity (Wildman–Crippen MR) is 72.1 cm³/mol. The van der Waals surface area contributed by atoms with Gasteiger partial charge in [-0.15, -0.1) is 0 Å². The second kappa shape index (κ2) is 4.21. The number of hydrogen-bond acceptors (Lipinski definition) is 2.